The van der Waals surface area contributed by atoms with Gasteiger partial charge in [-0.3, -0.25) is 4.72 Å². The quantitative estimate of drug-likeness (QED) is 0.851. The first kappa shape index (κ1) is 12.3. The number of sulfonamides is 1. The van der Waals surface area contributed by atoms with E-state index in [0.717, 1.165) is 5.69 Å². The maximum atomic E-state index is 11.4. The number of benzene rings is 1. The molecule has 0 spiro atoms. The highest BCUT2D eigenvalue weighted by Gasteiger charge is 2.12. The molecule has 0 amide bonds. The molecular formula is C10H13N3O2S. The summed E-state index contributed by atoms with van der Waals surface area (Å²) >= 11 is 0. The van der Waals surface area contributed by atoms with E-state index in [1.54, 1.807) is 29.2 Å². The van der Waals surface area contributed by atoms with Gasteiger partial charge >= 0.3 is 0 Å². The van der Waals surface area contributed by atoms with Gasteiger partial charge in [-0.25, -0.2) is 8.42 Å². The Bertz CT molecular complexity index is 503. The maximum Gasteiger partial charge on any atom is 0.246 e. The molecule has 0 atom stereocenters. The van der Waals surface area contributed by atoms with Gasteiger partial charge in [0.05, 0.1) is 17.4 Å². The van der Waals surface area contributed by atoms with Gasteiger partial charge in [-0.15, -0.1) is 0 Å². The Hall–Kier alpha value is -1.74. The standard InChI is InChI=1S/C10H13N3O2S/c1-13(2)10-6-4-3-5-9(10)12-16(14,15)8-7-11/h3-6,12H,8H2,1-2H3. The lowest BCUT2D eigenvalue weighted by Crippen LogP contribution is -2.18. The van der Waals surface area contributed by atoms with E-state index in [9.17, 15) is 8.42 Å². The van der Waals surface area contributed by atoms with Gasteiger partial charge in [-0.1, -0.05) is 12.1 Å². The van der Waals surface area contributed by atoms with E-state index in [-0.39, 0.29) is 0 Å². The number of hydrogen-bond acceptors (Lipinski definition) is 4. The molecule has 1 aromatic rings. The van der Waals surface area contributed by atoms with Crippen LogP contribution in [0.4, 0.5) is 11.4 Å². The van der Waals surface area contributed by atoms with Gasteiger partial charge in [0.2, 0.25) is 10.0 Å². The van der Waals surface area contributed by atoms with Gasteiger partial charge in [0.25, 0.3) is 0 Å². The number of rotatable bonds is 4. The molecule has 0 bridgehead atoms. The molecule has 0 aromatic heterocycles. The fourth-order valence-corrected chi connectivity index (χ4v) is 1.99. The molecule has 6 heteroatoms. The first-order valence-corrected chi connectivity index (χ1v) is 6.25. The lowest BCUT2D eigenvalue weighted by atomic mass is 10.2. The Morgan fingerprint density at radius 3 is 2.56 bits per heavy atom. The summed E-state index contributed by atoms with van der Waals surface area (Å²) in [6.07, 6.45) is 0. The average molecular weight is 239 g/mol. The fraction of sp³-hybridized carbons (Fsp3) is 0.300. The van der Waals surface area contributed by atoms with Crippen LogP contribution in [0.15, 0.2) is 24.3 Å². The number of anilines is 2. The van der Waals surface area contributed by atoms with E-state index >= 15 is 0 Å². The molecule has 0 aliphatic rings. The normalized spacial score (nSPS) is 10.6. The largest absolute Gasteiger partial charge is 0.376 e. The van der Waals surface area contributed by atoms with E-state index in [1.165, 1.54) is 0 Å². The van der Waals surface area contributed by atoms with Crippen molar-refractivity contribution in [1.29, 1.82) is 5.26 Å². The highest BCUT2D eigenvalue weighted by atomic mass is 32.2. The van der Waals surface area contributed by atoms with E-state index < -0.39 is 15.8 Å². The van der Waals surface area contributed by atoms with Crippen LogP contribution < -0.4 is 9.62 Å². The second-order valence-corrected chi connectivity index (χ2v) is 5.15. The van der Waals surface area contributed by atoms with Crippen LogP contribution in [-0.4, -0.2) is 28.3 Å². The summed E-state index contributed by atoms with van der Waals surface area (Å²) in [6, 6.07) is 8.62. The predicted octanol–water partition coefficient (Wildman–Crippen LogP) is 1.02. The van der Waals surface area contributed by atoms with Crippen molar-refractivity contribution in [2.45, 2.75) is 0 Å². The van der Waals surface area contributed by atoms with Crippen LogP contribution in [0.25, 0.3) is 0 Å². The summed E-state index contributed by atoms with van der Waals surface area (Å²) in [5, 5.41) is 8.38. The van der Waals surface area contributed by atoms with Crippen molar-refractivity contribution in [1.82, 2.24) is 0 Å². The number of nitrogens with one attached hydrogen (secondary N) is 1. The van der Waals surface area contributed by atoms with Gasteiger partial charge in [0, 0.05) is 14.1 Å². The third-order valence-electron chi connectivity index (χ3n) is 1.91. The molecule has 0 heterocycles. The molecule has 0 saturated heterocycles. The third kappa shape index (κ3) is 3.14. The first-order valence-electron chi connectivity index (χ1n) is 4.60. The minimum atomic E-state index is -3.58. The van der Waals surface area contributed by atoms with Crippen LogP contribution in [0.2, 0.25) is 0 Å². The van der Waals surface area contributed by atoms with Crippen LogP contribution in [0.3, 0.4) is 0 Å². The van der Waals surface area contributed by atoms with Crippen molar-refractivity contribution < 1.29 is 8.42 Å². The van der Waals surface area contributed by atoms with Gasteiger partial charge in [0.1, 0.15) is 0 Å². The summed E-state index contributed by atoms with van der Waals surface area (Å²) < 4.78 is 25.2. The molecule has 1 rings (SSSR count). The number of nitrogens with zero attached hydrogens (tertiary/aromatic N) is 2. The Balaban J connectivity index is 3.03. The zero-order valence-corrected chi connectivity index (χ0v) is 9.95. The molecule has 1 aromatic carbocycles. The Kier molecular flexibility index (Phi) is 3.74. The molecule has 0 aliphatic carbocycles. The van der Waals surface area contributed by atoms with E-state index in [4.69, 9.17) is 5.26 Å². The van der Waals surface area contributed by atoms with Crippen molar-refractivity contribution >= 4 is 21.4 Å². The van der Waals surface area contributed by atoms with Crippen molar-refractivity contribution in [2.75, 3.05) is 29.5 Å². The predicted molar refractivity (Wildman–Crippen MR) is 63.8 cm³/mol. The van der Waals surface area contributed by atoms with Crippen molar-refractivity contribution in [3.05, 3.63) is 24.3 Å². The molecule has 0 aliphatic heterocycles. The van der Waals surface area contributed by atoms with Gasteiger partial charge in [-0.2, -0.15) is 5.26 Å². The molecule has 86 valence electrons. The highest BCUT2D eigenvalue weighted by Crippen LogP contribution is 2.24. The molecule has 16 heavy (non-hydrogen) atoms. The van der Waals surface area contributed by atoms with Crippen LogP contribution in [0.1, 0.15) is 0 Å². The van der Waals surface area contributed by atoms with Crippen LogP contribution >= 0.6 is 0 Å². The van der Waals surface area contributed by atoms with Gasteiger partial charge in [-0.05, 0) is 12.1 Å². The molecular weight excluding hydrogens is 226 g/mol. The first-order chi connectivity index (χ1) is 7.46. The SMILES string of the molecule is CN(C)c1ccccc1NS(=O)(=O)CC#N. The molecule has 0 fully saturated rings. The Labute approximate surface area is 95.4 Å². The van der Waals surface area contributed by atoms with Gasteiger partial charge in [0.15, 0.2) is 5.75 Å². The van der Waals surface area contributed by atoms with Crippen molar-refractivity contribution in [2.24, 2.45) is 0 Å². The summed E-state index contributed by atoms with van der Waals surface area (Å²) in [7, 11) is 0.0553. The lowest BCUT2D eigenvalue weighted by Gasteiger charge is -2.17. The number of hydrogen-bond donors (Lipinski definition) is 1. The molecule has 0 radical (unpaired) electrons. The average Bonchev–Trinajstić information content (AvgIpc) is 2.17. The van der Waals surface area contributed by atoms with Crippen LogP contribution in [-0.2, 0) is 10.0 Å². The smallest absolute Gasteiger partial charge is 0.246 e. The summed E-state index contributed by atoms with van der Waals surface area (Å²) in [5.74, 6) is -0.547. The third-order valence-corrected chi connectivity index (χ3v) is 2.95. The summed E-state index contributed by atoms with van der Waals surface area (Å²) in [5.41, 5.74) is 1.23. The topological polar surface area (TPSA) is 73.2 Å². The minimum absolute atomic E-state index is 0.475. The molecule has 0 unspecified atom stereocenters. The van der Waals surface area contributed by atoms with E-state index in [2.05, 4.69) is 4.72 Å². The van der Waals surface area contributed by atoms with Crippen molar-refractivity contribution in [3.63, 3.8) is 0 Å². The van der Waals surface area contributed by atoms with Crippen molar-refractivity contribution in [3.8, 4) is 6.07 Å². The zero-order valence-electron chi connectivity index (χ0n) is 9.14. The second-order valence-electron chi connectivity index (χ2n) is 3.43. The summed E-state index contributed by atoms with van der Waals surface area (Å²) in [4.78, 5) is 1.80. The second kappa shape index (κ2) is 4.86. The number of nitriles is 1. The molecule has 5 nitrogen and oxygen atoms in total. The highest BCUT2D eigenvalue weighted by molar-refractivity contribution is 7.92. The molecule has 1 N–H and O–H groups in total. The number of para-hydroxylation sites is 2. The van der Waals surface area contributed by atoms with Crippen LogP contribution in [0.5, 0.6) is 0 Å². The van der Waals surface area contributed by atoms with E-state index in [1.807, 2.05) is 20.2 Å². The Morgan fingerprint density at radius 2 is 2.00 bits per heavy atom. The molecule has 0 saturated carbocycles. The van der Waals surface area contributed by atoms with E-state index in [0.29, 0.717) is 5.69 Å². The maximum absolute atomic E-state index is 11.4. The minimum Gasteiger partial charge on any atom is -0.376 e. The zero-order chi connectivity index (χ0) is 12.2. The summed E-state index contributed by atoms with van der Waals surface area (Å²) in [6.45, 7) is 0. The Morgan fingerprint density at radius 1 is 1.38 bits per heavy atom. The monoisotopic (exact) mass is 239 g/mol. The fourth-order valence-electron chi connectivity index (χ4n) is 1.24. The lowest BCUT2D eigenvalue weighted by molar-refractivity contribution is 0.604. The van der Waals surface area contributed by atoms with Gasteiger partial charge < -0.3 is 4.90 Å². The van der Waals surface area contributed by atoms with Crippen LogP contribution in [0, 0.1) is 11.3 Å².